The van der Waals surface area contributed by atoms with Gasteiger partial charge in [-0.3, -0.25) is 0 Å². The maximum atomic E-state index is 10.7. The summed E-state index contributed by atoms with van der Waals surface area (Å²) in [6, 6.07) is 5.62. The van der Waals surface area contributed by atoms with Gasteiger partial charge in [-0.15, -0.1) is 0 Å². The zero-order valence-electron chi connectivity index (χ0n) is 12.7. The van der Waals surface area contributed by atoms with Crippen LogP contribution < -0.4 is 0 Å². The molecule has 2 aromatic rings. The fourth-order valence-corrected chi connectivity index (χ4v) is 4.20. The molecule has 1 fully saturated rings. The number of hydrogen-bond acceptors (Lipinski definition) is 3. The summed E-state index contributed by atoms with van der Waals surface area (Å²) in [5.41, 5.74) is 3.01. The average Bonchev–Trinajstić information content (AvgIpc) is 3.12. The molecular formula is C18H22N2O2. The molecule has 1 saturated carbocycles. The van der Waals surface area contributed by atoms with Gasteiger partial charge in [0.1, 0.15) is 5.75 Å². The lowest BCUT2D eigenvalue weighted by Crippen LogP contribution is -2.26. The summed E-state index contributed by atoms with van der Waals surface area (Å²) in [5.74, 6) is 0.720. The summed E-state index contributed by atoms with van der Waals surface area (Å²) < 4.78 is 2.09. The van der Waals surface area contributed by atoms with Crippen molar-refractivity contribution in [2.24, 2.45) is 5.92 Å². The fraction of sp³-hybridized carbons (Fsp3) is 0.500. The van der Waals surface area contributed by atoms with Crippen molar-refractivity contribution in [2.75, 3.05) is 0 Å². The minimum atomic E-state index is -0.314. The molecule has 1 aromatic carbocycles. The molecule has 0 bridgehead atoms. The van der Waals surface area contributed by atoms with Crippen molar-refractivity contribution in [3.05, 3.63) is 36.3 Å². The van der Waals surface area contributed by atoms with E-state index in [1.807, 2.05) is 24.7 Å². The topological polar surface area (TPSA) is 58.3 Å². The molecule has 4 heteroatoms. The van der Waals surface area contributed by atoms with E-state index >= 15 is 0 Å². The first-order valence-electron chi connectivity index (χ1n) is 8.28. The van der Waals surface area contributed by atoms with Crippen LogP contribution in [0.5, 0.6) is 5.75 Å². The molecule has 4 nitrogen and oxygen atoms in total. The summed E-state index contributed by atoms with van der Waals surface area (Å²) in [5, 5.41) is 21.0. The van der Waals surface area contributed by atoms with E-state index in [4.69, 9.17) is 0 Å². The Morgan fingerprint density at radius 1 is 1.23 bits per heavy atom. The summed E-state index contributed by atoms with van der Waals surface area (Å²) >= 11 is 0. The maximum Gasteiger partial charge on any atom is 0.121 e. The Balaban J connectivity index is 1.65. The third-order valence-corrected chi connectivity index (χ3v) is 5.35. The molecule has 22 heavy (non-hydrogen) atoms. The van der Waals surface area contributed by atoms with Crippen molar-refractivity contribution in [1.29, 1.82) is 0 Å². The van der Waals surface area contributed by atoms with Crippen molar-refractivity contribution in [3.8, 4) is 17.0 Å². The van der Waals surface area contributed by atoms with Crippen LogP contribution in [0, 0.1) is 5.92 Å². The Bertz CT molecular complexity index is 673. The van der Waals surface area contributed by atoms with E-state index in [9.17, 15) is 10.2 Å². The van der Waals surface area contributed by atoms with Crippen LogP contribution in [0.2, 0.25) is 0 Å². The highest BCUT2D eigenvalue weighted by molar-refractivity contribution is 5.72. The molecule has 1 aliphatic heterocycles. The number of phenols is 1. The van der Waals surface area contributed by atoms with Crippen LogP contribution in [0.25, 0.3) is 11.3 Å². The van der Waals surface area contributed by atoms with E-state index in [1.54, 1.807) is 6.07 Å². The van der Waals surface area contributed by atoms with Gasteiger partial charge in [-0.2, -0.15) is 0 Å². The van der Waals surface area contributed by atoms with Gasteiger partial charge in [0.05, 0.1) is 30.4 Å². The number of aromatic nitrogens is 2. The van der Waals surface area contributed by atoms with Crippen molar-refractivity contribution in [3.63, 3.8) is 0 Å². The number of fused-ring (bicyclic) bond motifs is 3. The number of aliphatic hydroxyl groups is 1. The minimum absolute atomic E-state index is 0.00868. The van der Waals surface area contributed by atoms with Crippen LogP contribution in [0.15, 0.2) is 30.7 Å². The number of hydrogen-bond donors (Lipinski definition) is 2. The third kappa shape index (κ3) is 2.13. The number of benzene rings is 1. The SMILES string of the molecule is Oc1cccc2c1C(CC(O)C1CCCCC1)n1cncc1-2. The molecule has 0 radical (unpaired) electrons. The van der Waals surface area contributed by atoms with Gasteiger partial charge in [0.2, 0.25) is 0 Å². The van der Waals surface area contributed by atoms with Gasteiger partial charge in [-0.05, 0) is 31.2 Å². The predicted octanol–water partition coefficient (Wildman–Crippen LogP) is 3.49. The Labute approximate surface area is 130 Å². The van der Waals surface area contributed by atoms with Crippen LogP contribution in [-0.4, -0.2) is 25.9 Å². The molecule has 1 aromatic heterocycles. The normalized spacial score (nSPS) is 22.3. The number of rotatable bonds is 3. The largest absolute Gasteiger partial charge is 0.508 e. The van der Waals surface area contributed by atoms with Gasteiger partial charge in [0.25, 0.3) is 0 Å². The molecule has 2 heterocycles. The quantitative estimate of drug-likeness (QED) is 0.912. The van der Waals surface area contributed by atoms with Crippen molar-refractivity contribution < 1.29 is 10.2 Å². The van der Waals surface area contributed by atoms with Crippen molar-refractivity contribution >= 4 is 0 Å². The second-order valence-electron chi connectivity index (χ2n) is 6.64. The van der Waals surface area contributed by atoms with Gasteiger partial charge in [0, 0.05) is 11.1 Å². The molecule has 2 aliphatic rings. The van der Waals surface area contributed by atoms with Crippen molar-refractivity contribution in [1.82, 2.24) is 9.55 Å². The Morgan fingerprint density at radius 3 is 2.86 bits per heavy atom. The van der Waals surface area contributed by atoms with E-state index in [1.165, 1.54) is 19.3 Å². The smallest absolute Gasteiger partial charge is 0.121 e. The standard InChI is InChI=1S/C18H22N2O2/c21-16-8-4-7-13-15-10-19-11-20(15)14(18(13)16)9-17(22)12-5-2-1-3-6-12/h4,7-8,10-12,14,17,21-22H,1-3,5-6,9H2. The van der Waals surface area contributed by atoms with Crippen LogP contribution in [-0.2, 0) is 0 Å². The lowest BCUT2D eigenvalue weighted by atomic mass is 9.82. The molecule has 0 saturated heterocycles. The van der Waals surface area contributed by atoms with Gasteiger partial charge >= 0.3 is 0 Å². The lowest BCUT2D eigenvalue weighted by Gasteiger charge is -2.29. The van der Waals surface area contributed by atoms with E-state index < -0.39 is 0 Å². The average molecular weight is 298 g/mol. The molecule has 0 amide bonds. The van der Waals surface area contributed by atoms with Crippen molar-refractivity contribution in [2.45, 2.75) is 50.7 Å². The first-order valence-corrected chi connectivity index (χ1v) is 8.28. The maximum absolute atomic E-state index is 10.7. The summed E-state index contributed by atoms with van der Waals surface area (Å²) in [6.07, 6.45) is 9.98. The van der Waals surface area contributed by atoms with Crippen LogP contribution in [0.3, 0.4) is 0 Å². The van der Waals surface area contributed by atoms with Gasteiger partial charge < -0.3 is 14.8 Å². The Morgan fingerprint density at radius 2 is 2.05 bits per heavy atom. The highest BCUT2D eigenvalue weighted by Crippen LogP contribution is 2.46. The molecule has 2 atom stereocenters. The highest BCUT2D eigenvalue weighted by atomic mass is 16.3. The second-order valence-corrected chi connectivity index (χ2v) is 6.64. The van der Waals surface area contributed by atoms with Crippen LogP contribution in [0.1, 0.15) is 50.1 Å². The minimum Gasteiger partial charge on any atom is -0.508 e. The number of nitrogens with zero attached hydrogens (tertiary/aromatic N) is 2. The van der Waals surface area contributed by atoms with Gasteiger partial charge in [-0.1, -0.05) is 31.4 Å². The monoisotopic (exact) mass is 298 g/mol. The van der Waals surface area contributed by atoms with Gasteiger partial charge in [0.15, 0.2) is 0 Å². The molecule has 0 spiro atoms. The molecule has 4 rings (SSSR count). The Kier molecular flexibility index (Phi) is 3.41. The molecule has 2 unspecified atom stereocenters. The summed E-state index contributed by atoms with van der Waals surface area (Å²) in [7, 11) is 0. The predicted molar refractivity (Wildman–Crippen MR) is 84.7 cm³/mol. The molecular weight excluding hydrogens is 276 g/mol. The number of imidazole rings is 1. The summed E-state index contributed by atoms with van der Waals surface area (Å²) in [4.78, 5) is 4.24. The second kappa shape index (κ2) is 5.43. The fourth-order valence-electron chi connectivity index (χ4n) is 4.20. The Hall–Kier alpha value is -1.81. The van der Waals surface area contributed by atoms with E-state index in [2.05, 4.69) is 9.55 Å². The first kappa shape index (κ1) is 13.8. The van der Waals surface area contributed by atoms with Gasteiger partial charge in [-0.25, -0.2) is 4.98 Å². The zero-order chi connectivity index (χ0) is 15.1. The number of phenolic OH excluding ortho intramolecular Hbond substituents is 1. The lowest BCUT2D eigenvalue weighted by molar-refractivity contribution is 0.0685. The molecule has 2 N–H and O–H groups in total. The molecule has 116 valence electrons. The van der Waals surface area contributed by atoms with Crippen LogP contribution in [0.4, 0.5) is 0 Å². The zero-order valence-corrected chi connectivity index (χ0v) is 12.7. The first-order chi connectivity index (χ1) is 10.8. The molecule has 1 aliphatic carbocycles. The number of aliphatic hydroxyl groups excluding tert-OH is 1. The van der Waals surface area contributed by atoms with E-state index in [0.29, 0.717) is 18.1 Å². The summed E-state index contributed by atoms with van der Waals surface area (Å²) in [6.45, 7) is 0. The third-order valence-electron chi connectivity index (χ3n) is 5.35. The van der Waals surface area contributed by atoms with E-state index in [-0.39, 0.29) is 12.1 Å². The number of aromatic hydroxyl groups is 1. The van der Waals surface area contributed by atoms with E-state index in [0.717, 1.165) is 29.7 Å². The van der Waals surface area contributed by atoms with Crippen LogP contribution >= 0.6 is 0 Å². The highest BCUT2D eigenvalue weighted by Gasteiger charge is 2.34.